The van der Waals surface area contributed by atoms with Gasteiger partial charge in [0.15, 0.2) is 0 Å². The van der Waals surface area contributed by atoms with Crippen LogP contribution in [0, 0.1) is 17.0 Å². The summed E-state index contributed by atoms with van der Waals surface area (Å²) in [6, 6.07) is 12.1. The molecule has 10 heteroatoms. The number of amides is 2. The van der Waals surface area contributed by atoms with Gasteiger partial charge in [0.05, 0.1) is 17.7 Å². The number of ether oxygens (including phenoxy) is 1. The van der Waals surface area contributed by atoms with Gasteiger partial charge in [0.1, 0.15) is 5.75 Å². The molecule has 0 atom stereocenters. The Kier molecular flexibility index (Phi) is 7.61. The highest BCUT2D eigenvalue weighted by molar-refractivity contribution is 6.39. The van der Waals surface area contributed by atoms with Crippen LogP contribution in [0.3, 0.4) is 0 Å². The summed E-state index contributed by atoms with van der Waals surface area (Å²) in [6.45, 7) is 6.10. The molecule has 170 valence electrons. The minimum Gasteiger partial charge on any atom is -0.497 e. The van der Waals surface area contributed by atoms with E-state index in [1.54, 1.807) is 14.0 Å². The van der Waals surface area contributed by atoms with Gasteiger partial charge in [-0.3, -0.25) is 24.6 Å². The van der Waals surface area contributed by atoms with Crippen molar-refractivity contribution in [1.82, 2.24) is 10.2 Å². The van der Waals surface area contributed by atoms with Crippen molar-refractivity contribution in [2.24, 2.45) is 0 Å². The smallest absolute Gasteiger partial charge is 0.313 e. The van der Waals surface area contributed by atoms with E-state index in [1.807, 2.05) is 24.3 Å². The average molecular weight is 441 g/mol. The molecule has 0 bridgehead atoms. The second-order valence-electron chi connectivity index (χ2n) is 7.49. The molecule has 1 fully saturated rings. The van der Waals surface area contributed by atoms with Crippen molar-refractivity contribution in [3.05, 3.63) is 58.1 Å². The van der Waals surface area contributed by atoms with E-state index >= 15 is 0 Å². The number of aryl methyl sites for hydroxylation is 1. The Hall–Kier alpha value is -3.66. The fourth-order valence-electron chi connectivity index (χ4n) is 3.47. The van der Waals surface area contributed by atoms with Crippen LogP contribution in [0.15, 0.2) is 42.5 Å². The van der Waals surface area contributed by atoms with Crippen LogP contribution in [0.5, 0.6) is 5.75 Å². The van der Waals surface area contributed by atoms with Gasteiger partial charge in [0, 0.05) is 57.1 Å². The number of nitrogens with one attached hydrogen (secondary N) is 2. The molecule has 2 N–H and O–H groups in total. The van der Waals surface area contributed by atoms with Crippen molar-refractivity contribution < 1.29 is 19.2 Å². The molecule has 0 radical (unpaired) electrons. The van der Waals surface area contributed by atoms with E-state index in [4.69, 9.17) is 4.74 Å². The molecule has 2 amide bonds. The van der Waals surface area contributed by atoms with E-state index in [2.05, 4.69) is 20.4 Å². The highest BCUT2D eigenvalue weighted by atomic mass is 16.6. The highest BCUT2D eigenvalue weighted by Crippen LogP contribution is 2.22. The lowest BCUT2D eigenvalue weighted by Crippen LogP contribution is -2.49. The maximum absolute atomic E-state index is 12.2. The fraction of sp³-hybridized carbons (Fsp3) is 0.364. The zero-order valence-electron chi connectivity index (χ0n) is 18.2. The average Bonchev–Trinajstić information content (AvgIpc) is 2.80. The molecule has 32 heavy (non-hydrogen) atoms. The van der Waals surface area contributed by atoms with Crippen LogP contribution in [0.2, 0.25) is 0 Å². The molecule has 0 unspecified atom stereocenters. The summed E-state index contributed by atoms with van der Waals surface area (Å²) < 4.78 is 5.19. The first-order valence-electron chi connectivity index (χ1n) is 10.3. The maximum Gasteiger partial charge on any atom is 0.313 e. The normalized spacial score (nSPS) is 14.0. The first kappa shape index (κ1) is 23.0. The number of nitro benzene ring substituents is 1. The number of nitrogens with zero attached hydrogens (tertiary/aromatic N) is 3. The Bertz CT molecular complexity index is 971. The molecule has 0 aromatic heterocycles. The van der Waals surface area contributed by atoms with E-state index in [-0.39, 0.29) is 11.4 Å². The number of non-ortho nitro benzene ring substituents is 1. The van der Waals surface area contributed by atoms with Crippen molar-refractivity contribution in [3.8, 4) is 5.75 Å². The summed E-state index contributed by atoms with van der Waals surface area (Å²) in [5.41, 5.74) is 1.87. The molecule has 1 heterocycles. The summed E-state index contributed by atoms with van der Waals surface area (Å²) >= 11 is 0. The Morgan fingerprint density at radius 3 is 2.38 bits per heavy atom. The second kappa shape index (κ2) is 10.6. The quantitative estimate of drug-likeness (QED) is 0.382. The van der Waals surface area contributed by atoms with Gasteiger partial charge >= 0.3 is 11.8 Å². The van der Waals surface area contributed by atoms with Crippen LogP contribution in [0.1, 0.15) is 5.56 Å². The topological polar surface area (TPSA) is 117 Å². The van der Waals surface area contributed by atoms with E-state index in [9.17, 15) is 19.7 Å². The first-order chi connectivity index (χ1) is 15.4. The largest absolute Gasteiger partial charge is 0.497 e. The standard InChI is InChI=1S/C22H27N5O5/c1-16-3-4-18(27(30)31)15-20(16)24-22(29)21(28)23-9-10-25-11-13-26(14-12-25)17-5-7-19(32-2)8-6-17/h3-8,15H,9-14H2,1-2H3,(H,23,28)(H,24,29). The van der Waals surface area contributed by atoms with Crippen LogP contribution >= 0.6 is 0 Å². The van der Waals surface area contributed by atoms with Gasteiger partial charge < -0.3 is 20.3 Å². The van der Waals surface area contributed by atoms with Gasteiger partial charge in [-0.25, -0.2) is 0 Å². The molecule has 0 aliphatic carbocycles. The number of carbonyl (C=O) groups is 2. The van der Waals surface area contributed by atoms with E-state index in [0.29, 0.717) is 18.7 Å². The summed E-state index contributed by atoms with van der Waals surface area (Å²) in [5, 5.41) is 16.0. The van der Waals surface area contributed by atoms with Crippen molar-refractivity contribution in [1.29, 1.82) is 0 Å². The SMILES string of the molecule is COc1ccc(N2CCN(CCNC(=O)C(=O)Nc3cc([N+](=O)[O-])ccc3C)CC2)cc1. The molecular formula is C22H27N5O5. The first-order valence-corrected chi connectivity index (χ1v) is 10.3. The number of hydrogen-bond acceptors (Lipinski definition) is 7. The number of piperazine rings is 1. The Morgan fingerprint density at radius 1 is 1.06 bits per heavy atom. The van der Waals surface area contributed by atoms with Crippen molar-refractivity contribution in [3.63, 3.8) is 0 Å². The number of methoxy groups -OCH3 is 1. The summed E-state index contributed by atoms with van der Waals surface area (Å²) in [5.74, 6) is -0.793. The molecule has 2 aromatic carbocycles. The van der Waals surface area contributed by atoms with E-state index < -0.39 is 16.7 Å². The molecule has 1 saturated heterocycles. The zero-order chi connectivity index (χ0) is 23.1. The number of benzene rings is 2. The zero-order valence-corrected chi connectivity index (χ0v) is 18.2. The molecular weight excluding hydrogens is 414 g/mol. The third-order valence-electron chi connectivity index (χ3n) is 5.41. The Labute approximate surface area is 186 Å². The second-order valence-corrected chi connectivity index (χ2v) is 7.49. The molecule has 0 spiro atoms. The molecule has 10 nitrogen and oxygen atoms in total. The molecule has 3 rings (SSSR count). The van der Waals surface area contributed by atoms with Crippen molar-refractivity contribution in [2.45, 2.75) is 6.92 Å². The molecule has 0 saturated carbocycles. The number of anilines is 2. The third kappa shape index (κ3) is 5.94. The molecule has 2 aromatic rings. The van der Waals surface area contributed by atoms with Crippen LogP contribution in [0.25, 0.3) is 0 Å². The maximum atomic E-state index is 12.2. The van der Waals surface area contributed by atoms with E-state index in [1.165, 1.54) is 18.2 Å². The van der Waals surface area contributed by atoms with Crippen LogP contribution in [0.4, 0.5) is 17.1 Å². The number of nitro groups is 1. The van der Waals surface area contributed by atoms with Crippen LogP contribution < -0.4 is 20.3 Å². The third-order valence-corrected chi connectivity index (χ3v) is 5.41. The highest BCUT2D eigenvalue weighted by Gasteiger charge is 2.19. The fourth-order valence-corrected chi connectivity index (χ4v) is 3.47. The van der Waals surface area contributed by atoms with Crippen molar-refractivity contribution in [2.75, 3.05) is 56.6 Å². The predicted molar refractivity (Wildman–Crippen MR) is 121 cm³/mol. The van der Waals surface area contributed by atoms with E-state index in [0.717, 1.165) is 37.6 Å². The minimum atomic E-state index is -0.849. The summed E-state index contributed by atoms with van der Waals surface area (Å²) in [4.78, 5) is 39.1. The number of rotatable bonds is 7. The van der Waals surface area contributed by atoms with Gasteiger partial charge in [0.2, 0.25) is 0 Å². The molecule has 1 aliphatic rings. The minimum absolute atomic E-state index is 0.153. The van der Waals surface area contributed by atoms with Gasteiger partial charge in [-0.2, -0.15) is 0 Å². The van der Waals surface area contributed by atoms with Crippen LogP contribution in [-0.2, 0) is 9.59 Å². The van der Waals surface area contributed by atoms with Gasteiger partial charge in [-0.05, 0) is 36.8 Å². The summed E-state index contributed by atoms with van der Waals surface area (Å²) in [6.07, 6.45) is 0. The van der Waals surface area contributed by atoms with Crippen molar-refractivity contribution >= 4 is 28.9 Å². The lowest BCUT2D eigenvalue weighted by Gasteiger charge is -2.36. The van der Waals surface area contributed by atoms with Gasteiger partial charge in [0.25, 0.3) is 5.69 Å². The van der Waals surface area contributed by atoms with Gasteiger partial charge in [-0.1, -0.05) is 6.07 Å². The molecule has 1 aliphatic heterocycles. The lowest BCUT2D eigenvalue weighted by molar-refractivity contribution is -0.384. The predicted octanol–water partition coefficient (Wildman–Crippen LogP) is 1.79. The lowest BCUT2D eigenvalue weighted by atomic mass is 10.2. The number of hydrogen-bond donors (Lipinski definition) is 2. The Balaban J connectivity index is 1.41. The van der Waals surface area contributed by atoms with Gasteiger partial charge in [-0.15, -0.1) is 0 Å². The monoisotopic (exact) mass is 441 g/mol. The van der Waals surface area contributed by atoms with Crippen LogP contribution in [-0.4, -0.2) is 68.0 Å². The Morgan fingerprint density at radius 2 is 1.75 bits per heavy atom. The summed E-state index contributed by atoms with van der Waals surface area (Å²) in [7, 11) is 1.64. The number of carbonyl (C=O) groups excluding carboxylic acids is 2.